The van der Waals surface area contributed by atoms with E-state index in [0.29, 0.717) is 5.92 Å². The molecule has 1 amide bonds. The van der Waals surface area contributed by atoms with E-state index in [2.05, 4.69) is 17.4 Å². The van der Waals surface area contributed by atoms with Crippen LogP contribution in [0.3, 0.4) is 0 Å². The molecule has 0 bridgehead atoms. The molecule has 2 aliphatic rings. The number of hydrogen-bond donors (Lipinski definition) is 2. The highest BCUT2D eigenvalue weighted by molar-refractivity contribution is 5.87. The lowest BCUT2D eigenvalue weighted by Crippen LogP contribution is -2.59. The average molecular weight is 244 g/mol. The number of carbonyl (C=O) groups excluding carboxylic acids is 1. The zero-order valence-electron chi connectivity index (χ0n) is 10.6. The van der Waals surface area contributed by atoms with E-state index in [-0.39, 0.29) is 11.9 Å². The van der Waals surface area contributed by atoms with Crippen molar-refractivity contribution in [3.8, 4) is 0 Å². The summed E-state index contributed by atoms with van der Waals surface area (Å²) in [5.41, 5.74) is 6.69. The van der Waals surface area contributed by atoms with Gasteiger partial charge in [0.1, 0.15) is 0 Å². The van der Waals surface area contributed by atoms with Gasteiger partial charge in [0.15, 0.2) is 0 Å². The fourth-order valence-electron chi connectivity index (χ4n) is 2.63. The Kier molecular flexibility index (Phi) is 2.86. The summed E-state index contributed by atoms with van der Waals surface area (Å²) in [7, 11) is 0. The van der Waals surface area contributed by atoms with Gasteiger partial charge in [-0.15, -0.1) is 0 Å². The van der Waals surface area contributed by atoms with Crippen LogP contribution in [-0.4, -0.2) is 11.4 Å². The standard InChI is InChI=1S/C15H20N2O/c16-15(9-4-10-15)14(18)17-13(12-7-8-12)11-5-2-1-3-6-11/h1-3,5-6,12-13H,4,7-10,16H2,(H,17,18). The molecule has 0 aromatic heterocycles. The molecule has 0 aliphatic heterocycles. The van der Waals surface area contributed by atoms with E-state index >= 15 is 0 Å². The molecule has 0 spiro atoms. The minimum Gasteiger partial charge on any atom is -0.347 e. The first-order valence-electron chi connectivity index (χ1n) is 6.84. The normalized spacial score (nSPS) is 22.9. The van der Waals surface area contributed by atoms with Gasteiger partial charge in [-0.3, -0.25) is 4.79 Å². The van der Waals surface area contributed by atoms with E-state index in [9.17, 15) is 4.79 Å². The fraction of sp³-hybridized carbons (Fsp3) is 0.533. The smallest absolute Gasteiger partial charge is 0.240 e. The molecule has 0 radical (unpaired) electrons. The van der Waals surface area contributed by atoms with E-state index < -0.39 is 5.54 Å². The number of hydrogen-bond acceptors (Lipinski definition) is 2. The second-order valence-electron chi connectivity index (χ2n) is 5.71. The Morgan fingerprint density at radius 3 is 2.44 bits per heavy atom. The molecule has 1 atom stereocenters. The molecular weight excluding hydrogens is 224 g/mol. The van der Waals surface area contributed by atoms with Gasteiger partial charge in [0.2, 0.25) is 5.91 Å². The maximum atomic E-state index is 12.2. The van der Waals surface area contributed by atoms with Crippen LogP contribution in [0.4, 0.5) is 0 Å². The van der Waals surface area contributed by atoms with Crippen molar-refractivity contribution in [3.05, 3.63) is 35.9 Å². The lowest BCUT2D eigenvalue weighted by atomic mass is 9.76. The monoisotopic (exact) mass is 244 g/mol. The van der Waals surface area contributed by atoms with E-state index in [0.717, 1.165) is 19.3 Å². The Morgan fingerprint density at radius 1 is 1.28 bits per heavy atom. The average Bonchev–Trinajstić information content (AvgIpc) is 3.18. The van der Waals surface area contributed by atoms with E-state index in [1.165, 1.54) is 18.4 Å². The van der Waals surface area contributed by atoms with Crippen molar-refractivity contribution >= 4 is 5.91 Å². The first kappa shape index (κ1) is 11.7. The molecular formula is C15H20N2O. The third-order valence-electron chi connectivity index (χ3n) is 4.24. The Bertz CT molecular complexity index is 435. The lowest BCUT2D eigenvalue weighted by Gasteiger charge is -2.37. The maximum absolute atomic E-state index is 12.2. The van der Waals surface area contributed by atoms with Gasteiger partial charge in [-0.2, -0.15) is 0 Å². The zero-order valence-corrected chi connectivity index (χ0v) is 10.6. The molecule has 2 saturated carbocycles. The van der Waals surface area contributed by atoms with Gasteiger partial charge in [0.25, 0.3) is 0 Å². The molecule has 18 heavy (non-hydrogen) atoms. The van der Waals surface area contributed by atoms with Crippen LogP contribution in [0.25, 0.3) is 0 Å². The van der Waals surface area contributed by atoms with Crippen molar-refractivity contribution in [2.75, 3.05) is 0 Å². The van der Waals surface area contributed by atoms with Crippen molar-refractivity contribution in [1.29, 1.82) is 0 Å². The number of carbonyl (C=O) groups is 1. The Balaban J connectivity index is 1.73. The minimum absolute atomic E-state index is 0.0366. The van der Waals surface area contributed by atoms with Gasteiger partial charge >= 0.3 is 0 Å². The molecule has 1 aromatic carbocycles. The minimum atomic E-state index is -0.595. The van der Waals surface area contributed by atoms with Crippen molar-refractivity contribution in [2.45, 2.75) is 43.7 Å². The summed E-state index contributed by atoms with van der Waals surface area (Å²) in [5, 5.41) is 3.17. The second-order valence-corrected chi connectivity index (χ2v) is 5.71. The molecule has 2 aliphatic carbocycles. The SMILES string of the molecule is NC1(C(=O)NC(c2ccccc2)C2CC2)CCC1. The predicted octanol–water partition coefficient (Wildman–Crippen LogP) is 2.14. The summed E-state index contributed by atoms with van der Waals surface area (Å²) >= 11 is 0. The molecule has 3 nitrogen and oxygen atoms in total. The highest BCUT2D eigenvalue weighted by atomic mass is 16.2. The molecule has 1 aromatic rings. The Labute approximate surface area is 108 Å². The zero-order chi connectivity index (χ0) is 12.6. The molecule has 3 rings (SSSR count). The third kappa shape index (κ3) is 2.15. The van der Waals surface area contributed by atoms with Crippen LogP contribution in [0.5, 0.6) is 0 Å². The van der Waals surface area contributed by atoms with Gasteiger partial charge in [0, 0.05) is 0 Å². The maximum Gasteiger partial charge on any atom is 0.240 e. The molecule has 1 unspecified atom stereocenters. The molecule has 3 heteroatoms. The van der Waals surface area contributed by atoms with Crippen LogP contribution in [0.1, 0.15) is 43.7 Å². The largest absolute Gasteiger partial charge is 0.347 e. The summed E-state index contributed by atoms with van der Waals surface area (Å²) in [6, 6.07) is 10.4. The molecule has 3 N–H and O–H groups in total. The van der Waals surface area contributed by atoms with Crippen LogP contribution in [0.15, 0.2) is 30.3 Å². The van der Waals surface area contributed by atoms with Crippen LogP contribution in [0.2, 0.25) is 0 Å². The second kappa shape index (κ2) is 4.39. The molecule has 96 valence electrons. The predicted molar refractivity (Wildman–Crippen MR) is 70.8 cm³/mol. The van der Waals surface area contributed by atoms with Crippen LogP contribution >= 0.6 is 0 Å². The highest BCUT2D eigenvalue weighted by Gasteiger charge is 2.43. The lowest BCUT2D eigenvalue weighted by molar-refractivity contribution is -0.130. The summed E-state index contributed by atoms with van der Waals surface area (Å²) in [5.74, 6) is 0.634. The Morgan fingerprint density at radius 2 is 1.94 bits per heavy atom. The van der Waals surface area contributed by atoms with Gasteiger partial charge in [-0.05, 0) is 43.6 Å². The first-order chi connectivity index (χ1) is 8.69. The van der Waals surface area contributed by atoms with Gasteiger partial charge in [-0.1, -0.05) is 30.3 Å². The molecule has 0 saturated heterocycles. The van der Waals surface area contributed by atoms with Crippen LogP contribution in [0, 0.1) is 5.92 Å². The van der Waals surface area contributed by atoms with Crippen molar-refractivity contribution in [2.24, 2.45) is 11.7 Å². The summed E-state index contributed by atoms with van der Waals surface area (Å²) in [4.78, 5) is 12.2. The third-order valence-corrected chi connectivity index (χ3v) is 4.24. The summed E-state index contributed by atoms with van der Waals surface area (Å²) in [6.07, 6.45) is 5.13. The number of nitrogens with one attached hydrogen (secondary N) is 1. The fourth-order valence-corrected chi connectivity index (χ4v) is 2.63. The van der Waals surface area contributed by atoms with Gasteiger partial charge in [-0.25, -0.2) is 0 Å². The van der Waals surface area contributed by atoms with Gasteiger partial charge < -0.3 is 11.1 Å². The van der Waals surface area contributed by atoms with E-state index in [1.807, 2.05) is 18.2 Å². The van der Waals surface area contributed by atoms with E-state index in [1.54, 1.807) is 0 Å². The van der Waals surface area contributed by atoms with Crippen molar-refractivity contribution < 1.29 is 4.79 Å². The first-order valence-corrected chi connectivity index (χ1v) is 6.84. The topological polar surface area (TPSA) is 55.1 Å². The van der Waals surface area contributed by atoms with Crippen LogP contribution < -0.4 is 11.1 Å². The highest BCUT2D eigenvalue weighted by Crippen LogP contribution is 2.41. The quantitative estimate of drug-likeness (QED) is 0.852. The number of benzene rings is 1. The Hall–Kier alpha value is -1.35. The van der Waals surface area contributed by atoms with E-state index in [4.69, 9.17) is 5.73 Å². The summed E-state index contributed by atoms with van der Waals surface area (Å²) in [6.45, 7) is 0. The summed E-state index contributed by atoms with van der Waals surface area (Å²) < 4.78 is 0. The number of nitrogens with two attached hydrogens (primary N) is 1. The van der Waals surface area contributed by atoms with Gasteiger partial charge in [0.05, 0.1) is 11.6 Å². The number of rotatable bonds is 4. The molecule has 2 fully saturated rings. The van der Waals surface area contributed by atoms with Crippen molar-refractivity contribution in [3.63, 3.8) is 0 Å². The number of amides is 1. The van der Waals surface area contributed by atoms with Crippen molar-refractivity contribution in [1.82, 2.24) is 5.32 Å². The van der Waals surface area contributed by atoms with Crippen LogP contribution in [-0.2, 0) is 4.79 Å². The molecule has 0 heterocycles.